The normalized spacial score (nSPS) is 12.3. The highest BCUT2D eigenvalue weighted by molar-refractivity contribution is 7.68. The minimum absolute atomic E-state index is 0.173. The predicted octanol–water partition coefficient (Wildman–Crippen LogP) is 7.91. The molecule has 1 aromatic heterocycles. The van der Waals surface area contributed by atoms with Crippen LogP contribution in [0, 0.1) is 0 Å². The van der Waals surface area contributed by atoms with Gasteiger partial charge in [-0.2, -0.15) is 5.10 Å². The van der Waals surface area contributed by atoms with Crippen molar-refractivity contribution in [1.29, 1.82) is 0 Å². The highest BCUT2D eigenvalue weighted by Gasteiger charge is 2.37. The van der Waals surface area contributed by atoms with Gasteiger partial charge in [-0.25, -0.2) is 4.68 Å². The zero-order valence-corrected chi connectivity index (χ0v) is 20.9. The van der Waals surface area contributed by atoms with Gasteiger partial charge in [0.1, 0.15) is 0 Å². The molecule has 0 saturated heterocycles. The summed E-state index contributed by atoms with van der Waals surface area (Å²) < 4.78 is 2.17. The molecule has 0 atom stereocenters. The van der Waals surface area contributed by atoms with Crippen LogP contribution in [-0.4, -0.2) is 20.1 Å². The second-order valence-electron chi connectivity index (χ2n) is 10.2. The van der Waals surface area contributed by atoms with E-state index < -0.39 is 7.92 Å². The Morgan fingerprint density at radius 3 is 1.69 bits per heavy atom. The maximum atomic E-state index is 5.16. The summed E-state index contributed by atoms with van der Waals surface area (Å²) in [5.74, 6) is 0. The van der Waals surface area contributed by atoms with E-state index in [9.17, 15) is 0 Å². The van der Waals surface area contributed by atoms with Gasteiger partial charge >= 0.3 is 0 Å². The molecule has 2 nitrogen and oxygen atoms in total. The van der Waals surface area contributed by atoms with Crippen LogP contribution in [-0.2, 0) is 0 Å². The van der Waals surface area contributed by atoms with Gasteiger partial charge in [0.2, 0.25) is 0 Å². The van der Waals surface area contributed by atoms with Crippen molar-refractivity contribution in [2.75, 3.05) is 0 Å². The first-order valence-electron chi connectivity index (χ1n) is 11.3. The topological polar surface area (TPSA) is 17.8 Å². The molecule has 0 bridgehead atoms. The molecule has 0 aliphatic heterocycles. The first-order valence-corrected chi connectivity index (χ1v) is 12.6. The summed E-state index contributed by atoms with van der Waals surface area (Å²) in [5.41, 5.74) is 5.61. The van der Waals surface area contributed by atoms with E-state index >= 15 is 0 Å². The highest BCUT2D eigenvalue weighted by Crippen LogP contribution is 2.59. The van der Waals surface area contributed by atoms with E-state index in [1.807, 2.05) is 6.07 Å². The smallest absolute Gasteiger partial charge is 0.0934 e. The molecule has 1 heterocycles. The summed E-state index contributed by atoms with van der Waals surface area (Å²) in [6, 6.07) is 32.1. The Morgan fingerprint density at radius 1 is 0.625 bits per heavy atom. The molecule has 0 amide bonds. The van der Waals surface area contributed by atoms with Gasteiger partial charge in [-0.05, 0) is 22.4 Å². The zero-order valence-electron chi connectivity index (χ0n) is 20.0. The molecule has 0 aliphatic carbocycles. The Morgan fingerprint density at radius 2 is 1.12 bits per heavy atom. The Bertz CT molecular complexity index is 1170. The standard InChI is InChI=1S/C29H33N2P/c1-28(2,3)32(29(4,5)6)27-20-14-13-19-25(27)31-26(23-17-11-8-12-18-23)21-24(30-31)22-15-9-7-10-16-22/h7-21H,1-6H3. The van der Waals surface area contributed by atoms with Crippen LogP contribution in [0.2, 0.25) is 0 Å². The van der Waals surface area contributed by atoms with Gasteiger partial charge in [-0.1, -0.05) is 128 Å². The molecule has 32 heavy (non-hydrogen) atoms. The number of aromatic nitrogens is 2. The third kappa shape index (κ3) is 4.57. The number of nitrogens with zero attached hydrogens (tertiary/aromatic N) is 2. The second kappa shape index (κ2) is 8.68. The summed E-state index contributed by atoms with van der Waals surface area (Å²) in [7, 11) is -0.469. The Kier molecular flexibility index (Phi) is 6.10. The van der Waals surface area contributed by atoms with Crippen LogP contribution in [0.1, 0.15) is 41.5 Å². The van der Waals surface area contributed by atoms with Crippen molar-refractivity contribution >= 4 is 13.2 Å². The van der Waals surface area contributed by atoms with Crippen molar-refractivity contribution in [2.45, 2.75) is 51.9 Å². The van der Waals surface area contributed by atoms with Gasteiger partial charge < -0.3 is 0 Å². The van der Waals surface area contributed by atoms with Crippen molar-refractivity contribution in [2.24, 2.45) is 0 Å². The van der Waals surface area contributed by atoms with Gasteiger partial charge in [0.05, 0.1) is 17.1 Å². The molecule has 0 saturated carbocycles. The predicted molar refractivity (Wildman–Crippen MR) is 140 cm³/mol. The van der Waals surface area contributed by atoms with Crippen LogP contribution in [0.4, 0.5) is 0 Å². The summed E-state index contributed by atoms with van der Waals surface area (Å²) in [5, 5.41) is 6.91. The number of hydrogen-bond acceptors (Lipinski definition) is 1. The lowest BCUT2D eigenvalue weighted by Crippen LogP contribution is -2.32. The van der Waals surface area contributed by atoms with E-state index in [1.165, 1.54) is 16.6 Å². The van der Waals surface area contributed by atoms with Crippen LogP contribution < -0.4 is 5.30 Å². The molecule has 4 aromatic rings. The summed E-state index contributed by atoms with van der Waals surface area (Å²) >= 11 is 0. The van der Waals surface area contributed by atoms with Crippen molar-refractivity contribution in [3.63, 3.8) is 0 Å². The molecular formula is C29H33N2P. The average molecular weight is 441 g/mol. The molecule has 0 radical (unpaired) electrons. The molecule has 0 fully saturated rings. The van der Waals surface area contributed by atoms with Crippen molar-refractivity contribution in [1.82, 2.24) is 9.78 Å². The van der Waals surface area contributed by atoms with Gasteiger partial charge in [0.25, 0.3) is 0 Å². The molecule has 4 rings (SSSR count). The van der Waals surface area contributed by atoms with Crippen molar-refractivity contribution in [3.8, 4) is 28.2 Å². The Hall–Kier alpha value is -2.70. The van der Waals surface area contributed by atoms with E-state index in [4.69, 9.17) is 5.10 Å². The SMILES string of the molecule is CC(C)(C)P(c1ccccc1-n1nc(-c2ccccc2)cc1-c1ccccc1)C(C)(C)C. The third-order valence-corrected chi connectivity index (χ3v) is 9.08. The van der Waals surface area contributed by atoms with Gasteiger partial charge in [-0.15, -0.1) is 0 Å². The van der Waals surface area contributed by atoms with Crippen LogP contribution >= 0.6 is 7.92 Å². The first-order chi connectivity index (χ1) is 15.2. The largest absolute Gasteiger partial charge is 0.232 e. The third-order valence-electron chi connectivity index (χ3n) is 5.54. The molecule has 0 spiro atoms. The minimum atomic E-state index is -0.469. The lowest BCUT2D eigenvalue weighted by molar-refractivity contribution is 0.714. The molecule has 3 aromatic carbocycles. The maximum Gasteiger partial charge on any atom is 0.0934 e. The molecule has 164 valence electrons. The number of para-hydroxylation sites is 1. The molecule has 0 N–H and O–H groups in total. The molecule has 3 heteroatoms. The summed E-state index contributed by atoms with van der Waals surface area (Å²) in [6.45, 7) is 14.2. The zero-order chi connectivity index (χ0) is 22.9. The van der Waals surface area contributed by atoms with E-state index in [0.29, 0.717) is 0 Å². The van der Waals surface area contributed by atoms with Crippen LogP contribution in [0.15, 0.2) is 91.0 Å². The van der Waals surface area contributed by atoms with Crippen molar-refractivity contribution < 1.29 is 0 Å². The number of benzene rings is 3. The monoisotopic (exact) mass is 440 g/mol. The fourth-order valence-corrected chi connectivity index (χ4v) is 8.78. The lowest BCUT2D eigenvalue weighted by atomic mass is 10.1. The van der Waals surface area contributed by atoms with Gasteiger partial charge in [0.15, 0.2) is 0 Å². The van der Waals surface area contributed by atoms with Crippen LogP contribution in [0.3, 0.4) is 0 Å². The summed E-state index contributed by atoms with van der Waals surface area (Å²) in [6.07, 6.45) is 0. The first kappa shape index (κ1) is 22.5. The molecule has 0 aliphatic rings. The summed E-state index contributed by atoms with van der Waals surface area (Å²) in [4.78, 5) is 0. The minimum Gasteiger partial charge on any atom is -0.232 e. The highest BCUT2D eigenvalue weighted by atomic mass is 31.1. The van der Waals surface area contributed by atoms with Crippen LogP contribution in [0.5, 0.6) is 0 Å². The van der Waals surface area contributed by atoms with Crippen LogP contribution in [0.25, 0.3) is 28.2 Å². The van der Waals surface area contributed by atoms with Gasteiger partial charge in [-0.3, -0.25) is 0 Å². The fourth-order valence-electron chi connectivity index (χ4n) is 4.69. The van der Waals surface area contributed by atoms with E-state index in [1.54, 1.807) is 0 Å². The lowest BCUT2D eigenvalue weighted by Gasteiger charge is -2.42. The quantitative estimate of drug-likeness (QED) is 0.295. The second-order valence-corrected chi connectivity index (χ2v) is 14.1. The van der Waals surface area contributed by atoms with E-state index in [-0.39, 0.29) is 10.3 Å². The Balaban J connectivity index is 1.98. The van der Waals surface area contributed by atoms with E-state index in [2.05, 4.69) is 131 Å². The number of hydrogen-bond donors (Lipinski definition) is 0. The van der Waals surface area contributed by atoms with E-state index in [0.717, 1.165) is 17.0 Å². The molecular weight excluding hydrogens is 407 g/mol. The fraction of sp³-hybridized carbons (Fsp3) is 0.276. The number of rotatable bonds is 4. The van der Waals surface area contributed by atoms with Crippen molar-refractivity contribution in [3.05, 3.63) is 91.0 Å². The molecule has 0 unspecified atom stereocenters. The average Bonchev–Trinajstić information content (AvgIpc) is 3.19. The Labute approximate surface area is 194 Å². The maximum absolute atomic E-state index is 5.16. The van der Waals surface area contributed by atoms with Gasteiger partial charge in [0, 0.05) is 16.4 Å².